The van der Waals surface area contributed by atoms with E-state index in [4.69, 9.17) is 11.6 Å². The Balaban J connectivity index is 1.36. The molecule has 3 aromatic rings. The molecule has 1 saturated heterocycles. The summed E-state index contributed by atoms with van der Waals surface area (Å²) in [4.78, 5) is 8.33. The molecule has 0 bridgehead atoms. The number of pyridine rings is 1. The predicted octanol–water partition coefficient (Wildman–Crippen LogP) is 3.30. The van der Waals surface area contributed by atoms with Gasteiger partial charge in [-0.15, -0.1) is 10.2 Å². The molecule has 26 heavy (non-hydrogen) atoms. The molecule has 0 spiro atoms. The maximum atomic E-state index is 5.97. The summed E-state index contributed by atoms with van der Waals surface area (Å²) in [6, 6.07) is 11.9. The van der Waals surface area contributed by atoms with E-state index < -0.39 is 0 Å². The van der Waals surface area contributed by atoms with E-state index in [9.17, 15) is 0 Å². The summed E-state index contributed by atoms with van der Waals surface area (Å²) in [5.41, 5.74) is 2.19. The Morgan fingerprint density at radius 3 is 2.85 bits per heavy atom. The Bertz CT molecular complexity index is 833. The highest BCUT2D eigenvalue weighted by Crippen LogP contribution is 2.21. The first-order valence-electron chi connectivity index (χ1n) is 8.91. The van der Waals surface area contributed by atoms with E-state index in [1.54, 1.807) is 17.2 Å². The van der Waals surface area contributed by atoms with E-state index in [0.29, 0.717) is 11.7 Å². The second-order valence-corrected chi connectivity index (χ2v) is 7.22. The predicted molar refractivity (Wildman–Crippen MR) is 101 cm³/mol. The first-order chi connectivity index (χ1) is 12.8. The molecule has 2 aromatic heterocycles. The lowest BCUT2D eigenvalue weighted by Gasteiger charge is -2.32. The lowest BCUT2D eigenvalue weighted by molar-refractivity contribution is 0.149. The van der Waals surface area contributed by atoms with Crippen LogP contribution in [0, 0.1) is 5.92 Å². The molecule has 134 valence electrons. The van der Waals surface area contributed by atoms with Crippen molar-refractivity contribution in [1.29, 1.82) is 0 Å². The van der Waals surface area contributed by atoms with Gasteiger partial charge in [-0.05, 0) is 60.3 Å². The van der Waals surface area contributed by atoms with Crippen molar-refractivity contribution in [3.8, 4) is 11.4 Å². The van der Waals surface area contributed by atoms with Crippen LogP contribution in [0.3, 0.4) is 0 Å². The first-order valence-corrected chi connectivity index (χ1v) is 9.29. The van der Waals surface area contributed by atoms with E-state index >= 15 is 0 Å². The molecule has 3 heterocycles. The molecular formula is C19H21ClN6. The lowest BCUT2D eigenvalue weighted by Crippen LogP contribution is -2.36. The van der Waals surface area contributed by atoms with Gasteiger partial charge in [0, 0.05) is 36.1 Å². The van der Waals surface area contributed by atoms with Crippen LogP contribution in [0.1, 0.15) is 18.4 Å². The van der Waals surface area contributed by atoms with Crippen LogP contribution in [-0.2, 0) is 13.1 Å². The molecule has 7 heteroatoms. The van der Waals surface area contributed by atoms with Crippen LogP contribution in [0.25, 0.3) is 11.4 Å². The van der Waals surface area contributed by atoms with Gasteiger partial charge in [0.05, 0.1) is 6.54 Å². The number of likely N-dealkylation sites (tertiary alicyclic amines) is 1. The van der Waals surface area contributed by atoms with Gasteiger partial charge in [-0.1, -0.05) is 23.7 Å². The number of piperidine rings is 1. The average molecular weight is 369 g/mol. The standard InChI is InChI=1S/C19H21ClN6/c20-18-7-5-15(6-8-18)12-25-10-2-3-16(13-25)14-26-23-19(22-24-26)17-4-1-9-21-11-17/h1,4-9,11,16H,2-3,10,12-14H2/t16-/m0/s1. The average Bonchev–Trinajstić information content (AvgIpc) is 3.13. The minimum absolute atomic E-state index is 0.534. The van der Waals surface area contributed by atoms with Gasteiger partial charge in [0.15, 0.2) is 0 Å². The van der Waals surface area contributed by atoms with Crippen molar-refractivity contribution in [2.45, 2.75) is 25.9 Å². The summed E-state index contributed by atoms with van der Waals surface area (Å²) >= 11 is 5.97. The quantitative estimate of drug-likeness (QED) is 0.691. The van der Waals surface area contributed by atoms with Gasteiger partial charge in [0.2, 0.25) is 5.82 Å². The molecule has 0 amide bonds. The van der Waals surface area contributed by atoms with E-state index in [1.807, 2.05) is 24.3 Å². The van der Waals surface area contributed by atoms with E-state index in [2.05, 4.69) is 37.4 Å². The van der Waals surface area contributed by atoms with Crippen LogP contribution in [-0.4, -0.2) is 43.2 Å². The Hall–Kier alpha value is -2.31. The van der Waals surface area contributed by atoms with Crippen molar-refractivity contribution in [1.82, 2.24) is 30.1 Å². The lowest BCUT2D eigenvalue weighted by atomic mass is 9.97. The first kappa shape index (κ1) is 17.1. The maximum absolute atomic E-state index is 5.97. The Kier molecular flexibility index (Phi) is 5.22. The fourth-order valence-corrected chi connectivity index (χ4v) is 3.58. The topological polar surface area (TPSA) is 59.7 Å². The Morgan fingerprint density at radius 1 is 1.15 bits per heavy atom. The zero-order chi connectivity index (χ0) is 17.8. The Morgan fingerprint density at radius 2 is 2.04 bits per heavy atom. The van der Waals surface area contributed by atoms with Crippen molar-refractivity contribution in [2.75, 3.05) is 13.1 Å². The number of tetrazole rings is 1. The molecular weight excluding hydrogens is 348 g/mol. The molecule has 1 aromatic carbocycles. The van der Waals surface area contributed by atoms with E-state index in [0.717, 1.165) is 36.8 Å². The number of hydrogen-bond acceptors (Lipinski definition) is 5. The van der Waals surface area contributed by atoms with Crippen LogP contribution in [0.5, 0.6) is 0 Å². The highest BCUT2D eigenvalue weighted by Gasteiger charge is 2.21. The van der Waals surface area contributed by atoms with Crippen LogP contribution < -0.4 is 0 Å². The summed E-state index contributed by atoms with van der Waals surface area (Å²) in [5, 5.41) is 13.7. The largest absolute Gasteiger partial charge is 0.299 e. The summed E-state index contributed by atoms with van der Waals surface area (Å²) in [6.07, 6.45) is 5.89. The molecule has 0 radical (unpaired) electrons. The third-order valence-corrected chi connectivity index (χ3v) is 4.97. The summed E-state index contributed by atoms with van der Waals surface area (Å²) in [6.45, 7) is 3.93. The van der Waals surface area contributed by atoms with Crippen LogP contribution >= 0.6 is 11.6 Å². The van der Waals surface area contributed by atoms with Crippen LogP contribution in [0.2, 0.25) is 5.02 Å². The zero-order valence-electron chi connectivity index (χ0n) is 14.5. The molecule has 1 aliphatic heterocycles. The molecule has 0 unspecified atom stereocenters. The third kappa shape index (κ3) is 4.26. The zero-order valence-corrected chi connectivity index (χ0v) is 15.3. The van der Waals surface area contributed by atoms with E-state index in [1.165, 1.54) is 18.4 Å². The summed E-state index contributed by atoms with van der Waals surface area (Å²) in [7, 11) is 0. The fraction of sp³-hybridized carbons (Fsp3) is 0.368. The fourth-order valence-electron chi connectivity index (χ4n) is 3.45. The van der Waals surface area contributed by atoms with Gasteiger partial charge in [0.1, 0.15) is 0 Å². The number of benzene rings is 1. The number of nitrogens with zero attached hydrogens (tertiary/aromatic N) is 6. The Labute approximate surface area is 157 Å². The van der Waals surface area contributed by atoms with Gasteiger partial charge in [-0.2, -0.15) is 4.80 Å². The van der Waals surface area contributed by atoms with E-state index in [-0.39, 0.29) is 0 Å². The molecule has 1 fully saturated rings. The van der Waals surface area contributed by atoms with Gasteiger partial charge in [0.25, 0.3) is 0 Å². The van der Waals surface area contributed by atoms with Crippen molar-refractivity contribution in [3.05, 3.63) is 59.4 Å². The molecule has 1 atom stereocenters. The second-order valence-electron chi connectivity index (χ2n) is 6.78. The van der Waals surface area contributed by atoms with Gasteiger partial charge in [-0.25, -0.2) is 0 Å². The smallest absolute Gasteiger partial charge is 0.206 e. The monoisotopic (exact) mass is 368 g/mol. The van der Waals surface area contributed by atoms with Crippen LogP contribution in [0.4, 0.5) is 0 Å². The highest BCUT2D eigenvalue weighted by atomic mass is 35.5. The second kappa shape index (κ2) is 7.93. The third-order valence-electron chi connectivity index (χ3n) is 4.72. The summed E-state index contributed by atoms with van der Waals surface area (Å²) in [5.74, 6) is 1.17. The maximum Gasteiger partial charge on any atom is 0.206 e. The molecule has 0 aliphatic carbocycles. The molecule has 0 N–H and O–H groups in total. The SMILES string of the molecule is Clc1ccc(CN2CCC[C@H](Cn3nnc(-c4cccnc4)n3)C2)cc1. The van der Waals surface area contributed by atoms with Gasteiger partial charge in [-0.3, -0.25) is 9.88 Å². The minimum atomic E-state index is 0.534. The minimum Gasteiger partial charge on any atom is -0.299 e. The normalized spacial score (nSPS) is 18.1. The summed E-state index contributed by atoms with van der Waals surface area (Å²) < 4.78 is 0. The number of aromatic nitrogens is 5. The van der Waals surface area contributed by atoms with Gasteiger partial charge < -0.3 is 0 Å². The van der Waals surface area contributed by atoms with Crippen molar-refractivity contribution < 1.29 is 0 Å². The van der Waals surface area contributed by atoms with Crippen LogP contribution in [0.15, 0.2) is 48.8 Å². The molecule has 1 aliphatic rings. The van der Waals surface area contributed by atoms with Crippen molar-refractivity contribution in [3.63, 3.8) is 0 Å². The van der Waals surface area contributed by atoms with Crippen molar-refractivity contribution >= 4 is 11.6 Å². The van der Waals surface area contributed by atoms with Crippen molar-refractivity contribution in [2.24, 2.45) is 5.92 Å². The van der Waals surface area contributed by atoms with Gasteiger partial charge >= 0.3 is 0 Å². The number of hydrogen-bond donors (Lipinski definition) is 0. The molecule has 0 saturated carbocycles. The highest BCUT2D eigenvalue weighted by molar-refractivity contribution is 6.30. The number of rotatable bonds is 5. The molecule has 6 nitrogen and oxygen atoms in total. The molecule has 4 rings (SSSR count). The number of halogens is 1.